The zero-order chi connectivity index (χ0) is 15.4. The van der Waals surface area contributed by atoms with Gasteiger partial charge in [0.2, 0.25) is 5.91 Å². The Kier molecular flexibility index (Phi) is 4.16. The van der Waals surface area contributed by atoms with Crippen molar-refractivity contribution in [1.82, 2.24) is 30.1 Å². The summed E-state index contributed by atoms with van der Waals surface area (Å²) in [7, 11) is 3.22. The number of aromatic nitrogens is 5. The highest BCUT2D eigenvalue weighted by Gasteiger charge is 2.10. The number of carbonyl (C=O) groups is 2. The Balaban J connectivity index is 1.90. The first kappa shape index (κ1) is 14.5. The molecule has 112 valence electrons. The molecule has 10 heteroatoms. The number of hydrogen-bond donors (Lipinski definition) is 3. The van der Waals surface area contributed by atoms with Crippen LogP contribution >= 0.6 is 0 Å². The van der Waals surface area contributed by atoms with Gasteiger partial charge in [-0.25, -0.2) is 9.48 Å². The Morgan fingerprint density at radius 2 is 2.10 bits per heavy atom. The molecule has 3 N–H and O–H groups in total. The summed E-state index contributed by atoms with van der Waals surface area (Å²) >= 11 is 0. The number of H-pyrrole nitrogens is 1. The molecule has 0 bridgehead atoms. The average molecular weight is 292 g/mol. The van der Waals surface area contributed by atoms with Crippen LogP contribution in [0.2, 0.25) is 0 Å². The Morgan fingerprint density at radius 1 is 1.33 bits per heavy atom. The van der Waals surface area contributed by atoms with E-state index >= 15 is 0 Å². The van der Waals surface area contributed by atoms with Gasteiger partial charge in [0.25, 0.3) is 0 Å². The highest BCUT2D eigenvalue weighted by molar-refractivity contribution is 5.90. The topological polar surface area (TPSA) is 121 Å². The van der Waals surface area contributed by atoms with E-state index in [0.29, 0.717) is 5.82 Å². The van der Waals surface area contributed by atoms with Crippen molar-refractivity contribution < 1.29 is 9.59 Å². The number of aryl methyl sites for hydroxylation is 1. The zero-order valence-electron chi connectivity index (χ0n) is 11.9. The second-order valence-corrected chi connectivity index (χ2v) is 4.61. The number of nitrogens with one attached hydrogen (secondary N) is 3. The van der Waals surface area contributed by atoms with Gasteiger partial charge in [0.1, 0.15) is 6.54 Å². The highest BCUT2D eigenvalue weighted by atomic mass is 16.2. The van der Waals surface area contributed by atoms with Gasteiger partial charge < -0.3 is 10.2 Å². The lowest BCUT2D eigenvalue weighted by molar-refractivity contribution is -0.116. The van der Waals surface area contributed by atoms with Crippen LogP contribution in [0.4, 0.5) is 16.4 Å². The van der Waals surface area contributed by atoms with Gasteiger partial charge in [0.05, 0.1) is 6.20 Å². The number of nitrogens with zero attached hydrogens (tertiary/aromatic N) is 5. The summed E-state index contributed by atoms with van der Waals surface area (Å²) in [5, 5.41) is 19.3. The summed E-state index contributed by atoms with van der Waals surface area (Å²) in [5.41, 5.74) is 0.847. The fourth-order valence-corrected chi connectivity index (χ4v) is 1.47. The third-order valence-corrected chi connectivity index (χ3v) is 2.46. The van der Waals surface area contributed by atoms with E-state index in [-0.39, 0.29) is 24.3 Å². The molecule has 0 spiro atoms. The van der Waals surface area contributed by atoms with E-state index in [9.17, 15) is 9.59 Å². The van der Waals surface area contributed by atoms with Crippen molar-refractivity contribution in [2.45, 2.75) is 13.5 Å². The van der Waals surface area contributed by atoms with Crippen LogP contribution in [0.1, 0.15) is 5.69 Å². The molecule has 0 saturated carbocycles. The fourth-order valence-electron chi connectivity index (χ4n) is 1.47. The molecule has 10 nitrogen and oxygen atoms in total. The summed E-state index contributed by atoms with van der Waals surface area (Å²) in [4.78, 5) is 24.6. The van der Waals surface area contributed by atoms with Crippen molar-refractivity contribution in [2.24, 2.45) is 0 Å². The van der Waals surface area contributed by atoms with Gasteiger partial charge in [0, 0.05) is 25.9 Å². The Bertz CT molecular complexity index is 644. The van der Waals surface area contributed by atoms with Crippen molar-refractivity contribution >= 4 is 23.6 Å². The predicted molar refractivity (Wildman–Crippen MR) is 74.7 cm³/mol. The monoisotopic (exact) mass is 292 g/mol. The molecule has 3 amide bonds. The maximum Gasteiger partial charge on any atom is 0.322 e. The van der Waals surface area contributed by atoms with Crippen molar-refractivity contribution in [1.29, 1.82) is 0 Å². The van der Waals surface area contributed by atoms with E-state index in [1.54, 1.807) is 20.2 Å². The molecular weight excluding hydrogens is 276 g/mol. The van der Waals surface area contributed by atoms with Crippen LogP contribution in [0.25, 0.3) is 0 Å². The minimum atomic E-state index is -0.321. The van der Waals surface area contributed by atoms with E-state index in [1.807, 2.05) is 6.92 Å². The third-order valence-electron chi connectivity index (χ3n) is 2.46. The van der Waals surface area contributed by atoms with E-state index in [2.05, 4.69) is 31.1 Å². The molecule has 0 aliphatic heterocycles. The Hall–Kier alpha value is -2.91. The summed E-state index contributed by atoms with van der Waals surface area (Å²) in [6.07, 6.45) is 1.47. The molecule has 2 aromatic rings. The molecule has 2 rings (SSSR count). The molecule has 0 radical (unpaired) electrons. The average Bonchev–Trinajstić information content (AvgIpc) is 2.99. The first-order chi connectivity index (χ1) is 9.94. The normalized spacial score (nSPS) is 10.2. The van der Waals surface area contributed by atoms with Crippen LogP contribution in [0.5, 0.6) is 0 Å². The minimum absolute atomic E-state index is 0.0310. The fraction of sp³-hybridized carbons (Fsp3) is 0.364. The maximum absolute atomic E-state index is 11.8. The molecule has 21 heavy (non-hydrogen) atoms. The molecule has 0 aliphatic carbocycles. The number of amides is 3. The maximum atomic E-state index is 11.8. The van der Waals surface area contributed by atoms with Gasteiger partial charge in [-0.05, 0) is 6.92 Å². The number of urea groups is 1. The highest BCUT2D eigenvalue weighted by Crippen LogP contribution is 2.05. The van der Waals surface area contributed by atoms with Crippen molar-refractivity contribution in [3.05, 3.63) is 18.0 Å². The lowest BCUT2D eigenvalue weighted by atomic mass is 10.4. The van der Waals surface area contributed by atoms with E-state index in [1.165, 1.54) is 15.8 Å². The minimum Gasteiger partial charge on any atom is -0.331 e. The number of anilines is 2. The number of rotatable bonds is 4. The second-order valence-electron chi connectivity index (χ2n) is 4.61. The molecule has 2 aromatic heterocycles. The summed E-state index contributed by atoms with van der Waals surface area (Å²) in [6, 6.07) is 1.39. The van der Waals surface area contributed by atoms with Gasteiger partial charge in [-0.3, -0.25) is 15.2 Å². The van der Waals surface area contributed by atoms with Crippen LogP contribution < -0.4 is 10.6 Å². The first-order valence-electron chi connectivity index (χ1n) is 6.14. The van der Waals surface area contributed by atoms with Crippen molar-refractivity contribution in [3.8, 4) is 0 Å². The van der Waals surface area contributed by atoms with Crippen LogP contribution in [0, 0.1) is 6.92 Å². The van der Waals surface area contributed by atoms with Crippen LogP contribution in [-0.2, 0) is 11.3 Å². The number of hydrogen-bond acceptors (Lipinski definition) is 5. The third kappa shape index (κ3) is 4.03. The number of carbonyl (C=O) groups excluding carboxylic acids is 2. The van der Waals surface area contributed by atoms with Gasteiger partial charge in [0.15, 0.2) is 11.6 Å². The molecular formula is C11H16N8O2. The van der Waals surface area contributed by atoms with Gasteiger partial charge in [-0.15, -0.1) is 5.10 Å². The van der Waals surface area contributed by atoms with E-state index in [4.69, 9.17) is 0 Å². The molecule has 0 aromatic carbocycles. The van der Waals surface area contributed by atoms with E-state index < -0.39 is 0 Å². The quantitative estimate of drug-likeness (QED) is 0.734. The number of aromatic amines is 1. The second kappa shape index (κ2) is 6.03. The lowest BCUT2D eigenvalue weighted by Crippen LogP contribution is -2.27. The Labute approximate surface area is 120 Å². The molecule has 0 fully saturated rings. The first-order valence-corrected chi connectivity index (χ1v) is 6.14. The molecule has 0 saturated heterocycles. The largest absolute Gasteiger partial charge is 0.331 e. The van der Waals surface area contributed by atoms with Gasteiger partial charge >= 0.3 is 6.03 Å². The predicted octanol–water partition coefficient (Wildman–Crippen LogP) is 0.0418. The molecule has 0 aliphatic rings. The van der Waals surface area contributed by atoms with Crippen molar-refractivity contribution in [3.63, 3.8) is 0 Å². The van der Waals surface area contributed by atoms with Gasteiger partial charge in [-0.2, -0.15) is 5.10 Å². The Morgan fingerprint density at radius 3 is 2.71 bits per heavy atom. The summed E-state index contributed by atoms with van der Waals surface area (Å²) in [5.74, 6) is 0.424. The zero-order valence-corrected chi connectivity index (χ0v) is 11.9. The molecule has 0 unspecified atom stereocenters. The van der Waals surface area contributed by atoms with Crippen LogP contribution in [0.3, 0.4) is 0 Å². The van der Waals surface area contributed by atoms with Crippen LogP contribution in [-0.4, -0.2) is 56.1 Å². The standard InChI is InChI=1S/C11H16N8O2/c1-7-4-8(15-14-7)12-10(20)6-19-5-9(16-17-19)13-11(21)18(2)3/h4-5H,6H2,1-3H3,(H,13,21)(H2,12,14,15,20). The summed E-state index contributed by atoms with van der Waals surface area (Å²) in [6.45, 7) is 1.80. The van der Waals surface area contributed by atoms with E-state index in [0.717, 1.165) is 5.69 Å². The smallest absolute Gasteiger partial charge is 0.322 e. The molecule has 0 atom stereocenters. The SMILES string of the molecule is Cc1cc(NC(=O)Cn2cc(NC(=O)N(C)C)nn2)n[nH]1. The van der Waals surface area contributed by atoms with Crippen LogP contribution in [0.15, 0.2) is 12.3 Å². The summed E-state index contributed by atoms with van der Waals surface area (Å²) < 4.78 is 1.32. The van der Waals surface area contributed by atoms with Crippen molar-refractivity contribution in [2.75, 3.05) is 24.7 Å². The van der Waals surface area contributed by atoms with Gasteiger partial charge in [-0.1, -0.05) is 5.21 Å². The lowest BCUT2D eigenvalue weighted by Gasteiger charge is -2.08. The molecule has 2 heterocycles.